The zero-order chi connectivity index (χ0) is 23.2. The summed E-state index contributed by atoms with van der Waals surface area (Å²) in [6.45, 7) is -0.468. The predicted molar refractivity (Wildman–Crippen MR) is 130 cm³/mol. The number of hydrazine groups is 1. The van der Waals surface area contributed by atoms with Gasteiger partial charge in [-0.25, -0.2) is 5.01 Å². The number of fused-ring (bicyclic) bond motifs is 1. The van der Waals surface area contributed by atoms with Gasteiger partial charge in [0.2, 0.25) is 0 Å². The molecule has 2 aliphatic rings. The van der Waals surface area contributed by atoms with Crippen LogP contribution in [0.2, 0.25) is 10.0 Å². The lowest BCUT2D eigenvalue weighted by Crippen LogP contribution is -2.52. The maximum atomic E-state index is 13.5. The number of ketones is 1. The van der Waals surface area contributed by atoms with Crippen LogP contribution in [0, 0.1) is 11.8 Å². The molecule has 32 heavy (non-hydrogen) atoms. The highest BCUT2D eigenvalue weighted by Crippen LogP contribution is 2.44. The normalized spacial score (nSPS) is 25.1. The molecule has 2 heterocycles. The number of benzene rings is 1. The summed E-state index contributed by atoms with van der Waals surface area (Å²) in [6.07, 6.45) is 0.897. The van der Waals surface area contributed by atoms with Gasteiger partial charge in [0.25, 0.3) is 17.7 Å². The second kappa shape index (κ2) is 9.54. The first-order chi connectivity index (χ1) is 15.2. The van der Waals surface area contributed by atoms with Gasteiger partial charge in [0, 0.05) is 14.7 Å². The highest BCUT2D eigenvalue weighted by atomic mass is 79.9. The summed E-state index contributed by atoms with van der Waals surface area (Å²) < 4.78 is 0. The maximum Gasteiger partial charge on any atom is 0.274 e. The molecule has 168 valence electrons. The van der Waals surface area contributed by atoms with Crippen LogP contribution in [0.1, 0.15) is 32.9 Å². The number of nitrogens with zero attached hydrogens (tertiary/aromatic N) is 2. The molecule has 0 spiro atoms. The molecular formula is C21H16Br2Cl2N2O4S. The number of rotatable bonds is 5. The molecule has 4 atom stereocenters. The van der Waals surface area contributed by atoms with E-state index < -0.39 is 36.1 Å². The number of amides is 3. The van der Waals surface area contributed by atoms with Gasteiger partial charge in [-0.2, -0.15) is 5.01 Å². The first-order valence-electron chi connectivity index (χ1n) is 9.68. The summed E-state index contributed by atoms with van der Waals surface area (Å²) in [5, 5.41) is 3.90. The van der Waals surface area contributed by atoms with Crippen molar-refractivity contribution in [2.24, 2.45) is 11.8 Å². The zero-order valence-corrected chi connectivity index (χ0v) is 21.8. The second-order valence-corrected chi connectivity index (χ2v) is 11.7. The van der Waals surface area contributed by atoms with Crippen molar-refractivity contribution < 1.29 is 19.2 Å². The molecule has 1 aliphatic carbocycles. The van der Waals surface area contributed by atoms with E-state index in [4.69, 9.17) is 23.2 Å². The molecule has 1 aliphatic heterocycles. The van der Waals surface area contributed by atoms with Crippen molar-refractivity contribution in [1.82, 2.24) is 10.0 Å². The highest BCUT2D eigenvalue weighted by molar-refractivity contribution is 9.12. The van der Waals surface area contributed by atoms with Gasteiger partial charge in [-0.1, -0.05) is 61.1 Å². The Hall–Kier alpha value is -1.26. The summed E-state index contributed by atoms with van der Waals surface area (Å²) >= 11 is 20.5. The molecule has 1 aromatic heterocycles. The number of thiophene rings is 1. The first kappa shape index (κ1) is 23.9. The fourth-order valence-electron chi connectivity index (χ4n) is 4.00. The number of Topliss-reactive ketones (excluding diaryl/α,β-unsaturated/α-hetero) is 1. The summed E-state index contributed by atoms with van der Waals surface area (Å²) in [5.74, 6) is -3.20. The molecule has 6 nitrogen and oxygen atoms in total. The smallest absolute Gasteiger partial charge is 0.274 e. The molecule has 0 radical (unpaired) electrons. The molecular weight excluding hydrogens is 607 g/mol. The topological polar surface area (TPSA) is 74.8 Å². The Labute approximate surface area is 215 Å². The Bertz CT molecular complexity index is 1070. The van der Waals surface area contributed by atoms with E-state index in [2.05, 4.69) is 31.9 Å². The third-order valence-electron chi connectivity index (χ3n) is 5.62. The first-order valence-corrected chi connectivity index (χ1v) is 13.1. The van der Waals surface area contributed by atoms with Crippen LogP contribution < -0.4 is 0 Å². The van der Waals surface area contributed by atoms with E-state index in [1.165, 1.54) is 29.5 Å². The Morgan fingerprint density at radius 1 is 1.06 bits per heavy atom. The van der Waals surface area contributed by atoms with Gasteiger partial charge in [-0.15, -0.1) is 11.3 Å². The Morgan fingerprint density at radius 3 is 2.22 bits per heavy atom. The molecule has 1 saturated heterocycles. The predicted octanol–water partition coefficient (Wildman–Crippen LogP) is 5.22. The van der Waals surface area contributed by atoms with Crippen molar-refractivity contribution in [3.05, 3.63) is 56.2 Å². The molecule has 4 rings (SSSR count). The van der Waals surface area contributed by atoms with Crippen LogP contribution in [0.3, 0.4) is 0 Å². The third kappa shape index (κ3) is 4.42. The van der Waals surface area contributed by atoms with Gasteiger partial charge >= 0.3 is 0 Å². The highest BCUT2D eigenvalue weighted by Gasteiger charge is 2.54. The Balaban J connectivity index is 1.72. The molecule has 0 unspecified atom stereocenters. The molecule has 2 aromatic rings. The molecule has 11 heteroatoms. The van der Waals surface area contributed by atoms with Crippen LogP contribution in [-0.4, -0.2) is 49.7 Å². The number of alkyl halides is 2. The van der Waals surface area contributed by atoms with E-state index in [0.717, 1.165) is 10.0 Å². The van der Waals surface area contributed by atoms with Gasteiger partial charge in [-0.05, 0) is 42.5 Å². The van der Waals surface area contributed by atoms with Crippen LogP contribution in [0.4, 0.5) is 0 Å². The minimum absolute atomic E-state index is 0.0167. The van der Waals surface area contributed by atoms with Gasteiger partial charge in [0.05, 0.1) is 27.3 Å². The Morgan fingerprint density at radius 2 is 1.69 bits per heavy atom. The van der Waals surface area contributed by atoms with E-state index in [1.807, 2.05) is 0 Å². The largest absolute Gasteiger partial charge is 0.291 e. The van der Waals surface area contributed by atoms with E-state index in [1.54, 1.807) is 17.5 Å². The fourth-order valence-corrected chi connectivity index (χ4v) is 6.39. The van der Waals surface area contributed by atoms with Crippen LogP contribution >= 0.6 is 66.4 Å². The van der Waals surface area contributed by atoms with Crippen LogP contribution in [0.15, 0.2) is 35.7 Å². The van der Waals surface area contributed by atoms with Crippen LogP contribution in [0.5, 0.6) is 0 Å². The molecule has 0 N–H and O–H groups in total. The number of carbonyl (C=O) groups is 4. The van der Waals surface area contributed by atoms with Crippen LogP contribution in [0.25, 0.3) is 0 Å². The van der Waals surface area contributed by atoms with Crippen molar-refractivity contribution in [2.45, 2.75) is 22.5 Å². The second-order valence-electron chi connectivity index (χ2n) is 7.59. The monoisotopic (exact) mass is 620 g/mol. The molecule has 1 aromatic carbocycles. The number of hydrogen-bond acceptors (Lipinski definition) is 5. The third-order valence-corrected chi connectivity index (χ3v) is 9.81. The number of imide groups is 1. The van der Waals surface area contributed by atoms with Crippen molar-refractivity contribution >= 4 is 89.9 Å². The standard InChI is InChI=1S/C21H16Br2Cl2N2O4S/c22-14-7-12-13(8-15(14)23)21(31)27(20(12)30)26(9-17(28)18-2-1-5-32-18)19(29)11-4-3-10(24)6-16(11)25/h1-6,12-15H,7-9H2/t12-,13-,14-,15+/m1/s1. The quantitative estimate of drug-likeness (QED) is 0.261. The van der Waals surface area contributed by atoms with Crippen molar-refractivity contribution in [3.8, 4) is 0 Å². The maximum absolute atomic E-state index is 13.5. The Kier molecular flexibility index (Phi) is 7.12. The number of carbonyl (C=O) groups excluding carboxylic acids is 4. The van der Waals surface area contributed by atoms with E-state index in [9.17, 15) is 19.2 Å². The molecule has 1 saturated carbocycles. The van der Waals surface area contributed by atoms with Gasteiger partial charge < -0.3 is 0 Å². The minimum Gasteiger partial charge on any atom is -0.291 e. The lowest BCUT2D eigenvalue weighted by molar-refractivity contribution is -0.154. The number of hydrogen-bond donors (Lipinski definition) is 0. The average molecular weight is 623 g/mol. The van der Waals surface area contributed by atoms with Crippen molar-refractivity contribution in [2.75, 3.05) is 6.54 Å². The van der Waals surface area contributed by atoms with E-state index in [-0.39, 0.29) is 26.0 Å². The van der Waals surface area contributed by atoms with E-state index in [0.29, 0.717) is 22.7 Å². The molecule has 2 fully saturated rings. The van der Waals surface area contributed by atoms with Gasteiger partial charge in [-0.3, -0.25) is 19.2 Å². The summed E-state index contributed by atoms with van der Waals surface area (Å²) in [7, 11) is 0. The molecule has 3 amide bonds. The summed E-state index contributed by atoms with van der Waals surface area (Å²) in [5.41, 5.74) is 0.0438. The number of halogens is 4. The lowest BCUT2D eigenvalue weighted by atomic mass is 9.81. The summed E-state index contributed by atoms with van der Waals surface area (Å²) in [6, 6.07) is 7.64. The minimum atomic E-state index is -0.720. The van der Waals surface area contributed by atoms with Gasteiger partial charge in [0.1, 0.15) is 6.54 Å². The molecule has 0 bridgehead atoms. The van der Waals surface area contributed by atoms with Crippen molar-refractivity contribution in [1.29, 1.82) is 0 Å². The summed E-state index contributed by atoms with van der Waals surface area (Å²) in [4.78, 5) is 53.4. The van der Waals surface area contributed by atoms with E-state index >= 15 is 0 Å². The average Bonchev–Trinajstić information content (AvgIpc) is 3.35. The van der Waals surface area contributed by atoms with Gasteiger partial charge in [0.15, 0.2) is 5.78 Å². The fraction of sp³-hybridized carbons (Fsp3) is 0.333. The zero-order valence-electron chi connectivity index (χ0n) is 16.3. The SMILES string of the molecule is O=C(CN(C(=O)c1ccc(Cl)cc1Cl)N1C(=O)[C@@H]2C[C@@H](Br)[C@@H](Br)C[C@H]2C1=O)c1cccs1. The van der Waals surface area contributed by atoms with Crippen molar-refractivity contribution in [3.63, 3.8) is 0 Å². The lowest BCUT2D eigenvalue weighted by Gasteiger charge is -2.30. The van der Waals surface area contributed by atoms with Crippen LogP contribution in [-0.2, 0) is 9.59 Å².